The molecule has 2 aromatic carbocycles. The number of carbonyl (C=O) groups excluding carboxylic acids is 1. The quantitative estimate of drug-likeness (QED) is 0.898. The van der Waals surface area contributed by atoms with Crippen molar-refractivity contribution in [2.24, 2.45) is 11.7 Å². The van der Waals surface area contributed by atoms with Gasteiger partial charge in [-0.25, -0.2) is 0 Å². The second kappa shape index (κ2) is 5.25. The van der Waals surface area contributed by atoms with Gasteiger partial charge in [-0.15, -0.1) is 0 Å². The first kappa shape index (κ1) is 13.1. The summed E-state index contributed by atoms with van der Waals surface area (Å²) in [5.74, 6) is 0.254. The Morgan fingerprint density at radius 1 is 1.20 bits per heavy atom. The van der Waals surface area contributed by atoms with E-state index in [0.29, 0.717) is 6.54 Å². The maximum Gasteiger partial charge on any atom is 0.223 e. The maximum atomic E-state index is 11.9. The number of hydrogen-bond acceptors (Lipinski definition) is 2. The van der Waals surface area contributed by atoms with Crippen molar-refractivity contribution >= 4 is 16.7 Å². The maximum absolute atomic E-state index is 11.9. The van der Waals surface area contributed by atoms with Crippen molar-refractivity contribution in [1.29, 1.82) is 0 Å². The van der Waals surface area contributed by atoms with Gasteiger partial charge in [0, 0.05) is 18.5 Å². The van der Waals surface area contributed by atoms with Crippen LogP contribution in [0.25, 0.3) is 10.8 Å². The summed E-state index contributed by atoms with van der Waals surface area (Å²) < 4.78 is 0. The summed E-state index contributed by atoms with van der Waals surface area (Å²) in [6.45, 7) is 2.69. The fourth-order valence-corrected chi connectivity index (χ4v) is 2.73. The summed E-state index contributed by atoms with van der Waals surface area (Å²) in [6.07, 6.45) is 1.64. The van der Waals surface area contributed by atoms with Gasteiger partial charge in [0.15, 0.2) is 0 Å². The molecular weight excluding hydrogens is 248 g/mol. The normalized spacial score (nSPS) is 21.5. The van der Waals surface area contributed by atoms with Crippen LogP contribution in [0.1, 0.15) is 24.0 Å². The van der Waals surface area contributed by atoms with Crippen molar-refractivity contribution < 1.29 is 4.79 Å². The van der Waals surface area contributed by atoms with E-state index in [1.807, 2.05) is 0 Å². The van der Waals surface area contributed by atoms with Crippen molar-refractivity contribution in [2.75, 3.05) is 0 Å². The summed E-state index contributed by atoms with van der Waals surface area (Å²) in [7, 11) is 0. The highest BCUT2D eigenvalue weighted by atomic mass is 16.1. The minimum Gasteiger partial charge on any atom is -0.352 e. The van der Waals surface area contributed by atoms with Crippen LogP contribution < -0.4 is 11.1 Å². The van der Waals surface area contributed by atoms with Gasteiger partial charge in [0.25, 0.3) is 0 Å². The second-order valence-electron chi connectivity index (χ2n) is 5.83. The second-order valence-corrected chi connectivity index (χ2v) is 5.83. The Bertz CT molecular complexity index is 644. The van der Waals surface area contributed by atoms with Gasteiger partial charge >= 0.3 is 0 Å². The molecule has 1 aliphatic rings. The molecule has 20 heavy (non-hydrogen) atoms. The number of nitrogens with one attached hydrogen (secondary N) is 1. The Balaban J connectivity index is 1.65. The van der Waals surface area contributed by atoms with Gasteiger partial charge in [-0.2, -0.15) is 0 Å². The topological polar surface area (TPSA) is 55.1 Å². The first-order valence-corrected chi connectivity index (χ1v) is 7.14. The lowest BCUT2D eigenvalue weighted by atomic mass is 9.80. The van der Waals surface area contributed by atoms with E-state index in [9.17, 15) is 4.79 Å². The van der Waals surface area contributed by atoms with Crippen molar-refractivity contribution in [1.82, 2.24) is 5.32 Å². The molecule has 3 nitrogen and oxygen atoms in total. The molecule has 3 N–H and O–H groups in total. The molecule has 104 valence electrons. The lowest BCUT2D eigenvalue weighted by Gasteiger charge is -2.31. The molecule has 3 heteroatoms. The summed E-state index contributed by atoms with van der Waals surface area (Å²) in [4.78, 5) is 11.9. The zero-order chi connectivity index (χ0) is 14.1. The van der Waals surface area contributed by atoms with Crippen molar-refractivity contribution in [2.45, 2.75) is 32.4 Å². The van der Waals surface area contributed by atoms with E-state index in [-0.39, 0.29) is 17.9 Å². The van der Waals surface area contributed by atoms with Gasteiger partial charge in [-0.1, -0.05) is 35.9 Å². The van der Waals surface area contributed by atoms with Gasteiger partial charge < -0.3 is 11.1 Å². The molecule has 1 saturated carbocycles. The molecule has 0 heterocycles. The molecule has 0 unspecified atom stereocenters. The number of nitrogens with two attached hydrogens (primary N) is 1. The zero-order valence-electron chi connectivity index (χ0n) is 11.7. The van der Waals surface area contributed by atoms with E-state index in [4.69, 9.17) is 5.73 Å². The van der Waals surface area contributed by atoms with Crippen LogP contribution >= 0.6 is 0 Å². The van der Waals surface area contributed by atoms with Crippen LogP contribution in [-0.4, -0.2) is 11.9 Å². The summed E-state index contributed by atoms with van der Waals surface area (Å²) >= 11 is 0. The van der Waals surface area contributed by atoms with Crippen LogP contribution in [0, 0.1) is 12.8 Å². The highest BCUT2D eigenvalue weighted by molar-refractivity contribution is 5.84. The van der Waals surface area contributed by atoms with Crippen LogP contribution in [0.15, 0.2) is 36.4 Å². The van der Waals surface area contributed by atoms with Gasteiger partial charge in [-0.05, 0) is 42.2 Å². The molecule has 2 aromatic rings. The smallest absolute Gasteiger partial charge is 0.223 e. The largest absolute Gasteiger partial charge is 0.352 e. The number of amides is 1. The van der Waals surface area contributed by atoms with Crippen molar-refractivity contribution in [3.63, 3.8) is 0 Å². The third-order valence-corrected chi connectivity index (χ3v) is 4.07. The number of fused-ring (bicyclic) bond motifs is 1. The first-order valence-electron chi connectivity index (χ1n) is 7.14. The minimum absolute atomic E-state index is 0.119. The third-order valence-electron chi connectivity index (χ3n) is 4.07. The molecule has 1 fully saturated rings. The van der Waals surface area contributed by atoms with Crippen LogP contribution in [0.2, 0.25) is 0 Å². The van der Waals surface area contributed by atoms with Crippen molar-refractivity contribution in [3.05, 3.63) is 47.5 Å². The number of hydrogen-bond donors (Lipinski definition) is 2. The van der Waals surface area contributed by atoms with Crippen molar-refractivity contribution in [3.8, 4) is 0 Å². The molecule has 0 saturated heterocycles. The molecule has 0 spiro atoms. The number of benzene rings is 2. The molecule has 1 aliphatic carbocycles. The van der Waals surface area contributed by atoms with E-state index in [1.54, 1.807) is 0 Å². The molecular formula is C17H20N2O. The Hall–Kier alpha value is -1.87. The summed E-state index contributed by atoms with van der Waals surface area (Å²) in [5, 5.41) is 5.46. The zero-order valence-corrected chi connectivity index (χ0v) is 11.7. The average molecular weight is 268 g/mol. The molecule has 3 rings (SSSR count). The van der Waals surface area contributed by atoms with E-state index in [0.717, 1.165) is 18.4 Å². The van der Waals surface area contributed by atoms with Gasteiger partial charge in [0.05, 0.1) is 0 Å². The Morgan fingerprint density at radius 2 is 1.90 bits per heavy atom. The van der Waals surface area contributed by atoms with E-state index in [1.165, 1.54) is 16.3 Å². The van der Waals surface area contributed by atoms with E-state index in [2.05, 4.69) is 48.6 Å². The fraction of sp³-hybridized carbons (Fsp3) is 0.353. The number of rotatable bonds is 3. The third kappa shape index (κ3) is 2.68. The molecule has 0 aliphatic heterocycles. The fourth-order valence-electron chi connectivity index (χ4n) is 2.73. The van der Waals surface area contributed by atoms with Crippen LogP contribution in [0.5, 0.6) is 0 Å². The standard InChI is InChI=1S/C17H20N2O/c1-11-2-4-14-7-12(3-5-13(14)6-11)10-19-17(20)15-8-16(18)9-15/h2-7,15-16H,8-10,18H2,1H3,(H,19,20). The highest BCUT2D eigenvalue weighted by Crippen LogP contribution is 2.25. The van der Waals surface area contributed by atoms with Crippen LogP contribution in [-0.2, 0) is 11.3 Å². The molecule has 0 radical (unpaired) electrons. The Kier molecular flexibility index (Phi) is 3.45. The number of aryl methyl sites for hydroxylation is 1. The average Bonchev–Trinajstić information content (AvgIpc) is 2.41. The van der Waals surface area contributed by atoms with Gasteiger partial charge in [-0.3, -0.25) is 4.79 Å². The van der Waals surface area contributed by atoms with E-state index < -0.39 is 0 Å². The molecule has 0 atom stereocenters. The summed E-state index contributed by atoms with van der Waals surface area (Å²) in [5.41, 5.74) is 8.11. The SMILES string of the molecule is Cc1ccc2cc(CNC(=O)C3CC(N)C3)ccc2c1. The Morgan fingerprint density at radius 3 is 2.65 bits per heavy atom. The molecule has 0 bridgehead atoms. The molecule has 1 amide bonds. The van der Waals surface area contributed by atoms with Gasteiger partial charge in [0.1, 0.15) is 0 Å². The predicted octanol–water partition coefficient (Wildman–Crippen LogP) is 2.50. The van der Waals surface area contributed by atoms with Crippen LogP contribution in [0.3, 0.4) is 0 Å². The molecule has 0 aromatic heterocycles. The monoisotopic (exact) mass is 268 g/mol. The number of carbonyl (C=O) groups is 1. The lowest BCUT2D eigenvalue weighted by molar-refractivity contribution is -0.128. The predicted molar refractivity (Wildman–Crippen MR) is 81.2 cm³/mol. The lowest BCUT2D eigenvalue weighted by Crippen LogP contribution is -2.44. The first-order chi connectivity index (χ1) is 9.61. The van der Waals surface area contributed by atoms with Crippen LogP contribution in [0.4, 0.5) is 0 Å². The van der Waals surface area contributed by atoms with Gasteiger partial charge in [0.2, 0.25) is 5.91 Å². The van der Waals surface area contributed by atoms with E-state index >= 15 is 0 Å². The Labute approximate surface area is 119 Å². The summed E-state index contributed by atoms with van der Waals surface area (Å²) in [6, 6.07) is 13.0. The highest BCUT2D eigenvalue weighted by Gasteiger charge is 2.31. The minimum atomic E-state index is 0.119.